The summed E-state index contributed by atoms with van der Waals surface area (Å²) in [5.74, 6) is -0.367. The van der Waals surface area contributed by atoms with Gasteiger partial charge in [0.25, 0.3) is 0 Å². The lowest BCUT2D eigenvalue weighted by molar-refractivity contribution is 0.237. The molecule has 0 aromatic heterocycles. The first-order chi connectivity index (χ1) is 8.79. The number of likely N-dealkylation sites (tertiary alicyclic amines) is 1. The van der Waals surface area contributed by atoms with Crippen LogP contribution in [0, 0.1) is 17.1 Å². The Balaban J connectivity index is 1.84. The fraction of sp³-hybridized carbons (Fsp3) is 0.500. The summed E-state index contributed by atoms with van der Waals surface area (Å²) in [6, 6.07) is 6.28. The molecule has 1 N–H and O–H groups in total. The van der Waals surface area contributed by atoms with Crippen molar-refractivity contribution in [1.29, 1.82) is 5.26 Å². The van der Waals surface area contributed by atoms with Crippen LogP contribution in [0.2, 0.25) is 0 Å². The average Bonchev–Trinajstić information content (AvgIpc) is 2.41. The maximum atomic E-state index is 13.0. The van der Waals surface area contributed by atoms with E-state index in [1.165, 1.54) is 31.4 Å². The van der Waals surface area contributed by atoms with Crippen LogP contribution in [0.1, 0.15) is 24.8 Å². The number of rotatable bonds is 4. The number of nitriles is 1. The third-order valence-corrected chi connectivity index (χ3v) is 3.29. The maximum absolute atomic E-state index is 13.0. The number of halogens is 1. The van der Waals surface area contributed by atoms with Crippen LogP contribution in [-0.2, 0) is 0 Å². The molecule has 1 saturated heterocycles. The van der Waals surface area contributed by atoms with Crippen molar-refractivity contribution < 1.29 is 4.39 Å². The van der Waals surface area contributed by atoms with Gasteiger partial charge in [0.05, 0.1) is 11.3 Å². The highest BCUT2D eigenvalue weighted by atomic mass is 19.1. The third-order valence-electron chi connectivity index (χ3n) is 3.29. The van der Waals surface area contributed by atoms with E-state index in [1.807, 2.05) is 6.07 Å². The summed E-state index contributed by atoms with van der Waals surface area (Å²) >= 11 is 0. The van der Waals surface area contributed by atoms with Crippen LogP contribution in [0.15, 0.2) is 18.2 Å². The molecule has 0 aliphatic carbocycles. The molecule has 18 heavy (non-hydrogen) atoms. The van der Waals surface area contributed by atoms with Crippen molar-refractivity contribution >= 4 is 5.69 Å². The Kier molecular flexibility index (Phi) is 4.54. The highest BCUT2D eigenvalue weighted by molar-refractivity contribution is 5.57. The second-order valence-corrected chi connectivity index (χ2v) is 4.63. The summed E-state index contributed by atoms with van der Waals surface area (Å²) in [6.45, 7) is 4.09. The molecule has 1 aromatic rings. The molecule has 0 saturated carbocycles. The Morgan fingerprint density at radius 2 is 2.06 bits per heavy atom. The molecule has 0 spiro atoms. The zero-order valence-corrected chi connectivity index (χ0v) is 10.5. The van der Waals surface area contributed by atoms with E-state index in [0.29, 0.717) is 5.56 Å². The summed E-state index contributed by atoms with van der Waals surface area (Å²) in [5.41, 5.74) is 1.09. The topological polar surface area (TPSA) is 39.1 Å². The first-order valence-electron chi connectivity index (χ1n) is 6.45. The van der Waals surface area contributed by atoms with Gasteiger partial charge in [-0.2, -0.15) is 5.26 Å². The van der Waals surface area contributed by atoms with Crippen molar-refractivity contribution in [2.45, 2.75) is 19.3 Å². The molecule has 1 heterocycles. The molecule has 1 fully saturated rings. The molecule has 0 amide bonds. The Morgan fingerprint density at radius 1 is 1.28 bits per heavy atom. The van der Waals surface area contributed by atoms with Crippen LogP contribution in [-0.4, -0.2) is 31.1 Å². The van der Waals surface area contributed by atoms with Crippen molar-refractivity contribution in [1.82, 2.24) is 4.90 Å². The minimum atomic E-state index is -0.367. The van der Waals surface area contributed by atoms with Gasteiger partial charge in [-0.15, -0.1) is 0 Å². The largest absolute Gasteiger partial charge is 0.383 e. The molecule has 2 rings (SSSR count). The summed E-state index contributed by atoms with van der Waals surface area (Å²) < 4.78 is 13.0. The molecule has 0 atom stereocenters. The predicted molar refractivity (Wildman–Crippen MR) is 69.9 cm³/mol. The maximum Gasteiger partial charge on any atom is 0.124 e. The minimum Gasteiger partial charge on any atom is -0.383 e. The number of hydrogen-bond acceptors (Lipinski definition) is 3. The number of nitrogens with one attached hydrogen (secondary N) is 1. The smallest absolute Gasteiger partial charge is 0.124 e. The van der Waals surface area contributed by atoms with Gasteiger partial charge in [0, 0.05) is 13.1 Å². The summed E-state index contributed by atoms with van der Waals surface area (Å²) in [7, 11) is 0. The summed E-state index contributed by atoms with van der Waals surface area (Å²) in [6.07, 6.45) is 3.89. The Hall–Kier alpha value is -1.60. The van der Waals surface area contributed by atoms with E-state index in [4.69, 9.17) is 5.26 Å². The SMILES string of the molecule is N#Cc1cc(F)ccc1NCCN1CCCCC1. The van der Waals surface area contributed by atoms with E-state index in [0.717, 1.165) is 31.9 Å². The Bertz CT molecular complexity index is 433. The van der Waals surface area contributed by atoms with Gasteiger partial charge in [-0.25, -0.2) is 4.39 Å². The molecule has 96 valence electrons. The van der Waals surface area contributed by atoms with Crippen molar-refractivity contribution in [3.8, 4) is 6.07 Å². The first kappa shape index (κ1) is 12.8. The summed E-state index contributed by atoms with van der Waals surface area (Å²) in [4.78, 5) is 2.42. The molecule has 1 aliphatic rings. The lowest BCUT2D eigenvalue weighted by Gasteiger charge is -2.26. The van der Waals surface area contributed by atoms with Gasteiger partial charge in [0.2, 0.25) is 0 Å². The average molecular weight is 247 g/mol. The fourth-order valence-electron chi connectivity index (χ4n) is 2.29. The van der Waals surface area contributed by atoms with E-state index in [2.05, 4.69) is 10.2 Å². The zero-order valence-electron chi connectivity index (χ0n) is 10.5. The van der Waals surface area contributed by atoms with Gasteiger partial charge >= 0.3 is 0 Å². The Morgan fingerprint density at radius 3 is 2.78 bits per heavy atom. The molecule has 0 bridgehead atoms. The van der Waals surface area contributed by atoms with Gasteiger partial charge in [-0.3, -0.25) is 0 Å². The van der Waals surface area contributed by atoms with Crippen molar-refractivity contribution in [2.75, 3.05) is 31.5 Å². The number of hydrogen-bond donors (Lipinski definition) is 1. The predicted octanol–water partition coefficient (Wildman–Crippen LogP) is 2.60. The standard InChI is InChI=1S/C14H18FN3/c15-13-4-5-14(12(10-13)11-16)17-6-9-18-7-2-1-3-8-18/h4-5,10,17H,1-3,6-9H2. The fourth-order valence-corrected chi connectivity index (χ4v) is 2.29. The highest BCUT2D eigenvalue weighted by Crippen LogP contribution is 2.16. The first-order valence-corrected chi connectivity index (χ1v) is 6.45. The van der Waals surface area contributed by atoms with Crippen LogP contribution >= 0.6 is 0 Å². The lowest BCUT2D eigenvalue weighted by atomic mass is 10.1. The van der Waals surface area contributed by atoms with Gasteiger partial charge < -0.3 is 10.2 Å². The number of piperidine rings is 1. The molecule has 1 aliphatic heterocycles. The van der Waals surface area contributed by atoms with Crippen molar-refractivity contribution in [2.24, 2.45) is 0 Å². The molecular weight excluding hydrogens is 229 g/mol. The van der Waals surface area contributed by atoms with Gasteiger partial charge in [0.1, 0.15) is 11.9 Å². The van der Waals surface area contributed by atoms with Gasteiger partial charge in [-0.05, 0) is 44.1 Å². The Labute approximate surface area is 107 Å². The molecule has 4 heteroatoms. The van der Waals surface area contributed by atoms with Crippen LogP contribution < -0.4 is 5.32 Å². The van der Waals surface area contributed by atoms with E-state index in [9.17, 15) is 4.39 Å². The minimum absolute atomic E-state index is 0.367. The van der Waals surface area contributed by atoms with Crippen LogP contribution in [0.5, 0.6) is 0 Å². The van der Waals surface area contributed by atoms with E-state index < -0.39 is 0 Å². The number of benzene rings is 1. The monoisotopic (exact) mass is 247 g/mol. The quantitative estimate of drug-likeness (QED) is 0.889. The van der Waals surface area contributed by atoms with Crippen LogP contribution in [0.25, 0.3) is 0 Å². The van der Waals surface area contributed by atoms with Crippen LogP contribution in [0.4, 0.5) is 10.1 Å². The van der Waals surface area contributed by atoms with E-state index in [1.54, 1.807) is 6.07 Å². The molecule has 3 nitrogen and oxygen atoms in total. The highest BCUT2D eigenvalue weighted by Gasteiger charge is 2.09. The van der Waals surface area contributed by atoms with Gasteiger partial charge in [-0.1, -0.05) is 6.42 Å². The van der Waals surface area contributed by atoms with Crippen LogP contribution in [0.3, 0.4) is 0 Å². The van der Waals surface area contributed by atoms with Gasteiger partial charge in [0.15, 0.2) is 0 Å². The van der Waals surface area contributed by atoms with Crippen molar-refractivity contribution in [3.63, 3.8) is 0 Å². The molecule has 0 unspecified atom stereocenters. The third kappa shape index (κ3) is 3.44. The number of nitrogens with zero attached hydrogens (tertiary/aromatic N) is 2. The summed E-state index contributed by atoms with van der Waals surface area (Å²) in [5, 5.41) is 12.1. The number of anilines is 1. The van der Waals surface area contributed by atoms with E-state index >= 15 is 0 Å². The molecular formula is C14H18FN3. The normalized spacial score (nSPS) is 16.2. The molecule has 0 radical (unpaired) electrons. The second kappa shape index (κ2) is 6.36. The van der Waals surface area contributed by atoms with Crippen molar-refractivity contribution in [3.05, 3.63) is 29.6 Å². The second-order valence-electron chi connectivity index (χ2n) is 4.63. The van der Waals surface area contributed by atoms with E-state index in [-0.39, 0.29) is 5.82 Å². The lowest BCUT2D eigenvalue weighted by Crippen LogP contribution is -2.33. The molecule has 1 aromatic carbocycles. The zero-order chi connectivity index (χ0) is 12.8.